The van der Waals surface area contributed by atoms with Crippen LogP contribution in [0.15, 0.2) is 70.8 Å². The minimum absolute atomic E-state index is 0.00628. The first-order valence-electron chi connectivity index (χ1n) is 12.7. The van der Waals surface area contributed by atoms with Crippen LogP contribution in [0.2, 0.25) is 0 Å². The lowest BCUT2D eigenvalue weighted by molar-refractivity contribution is -0.128. The standard InChI is InChI=1S/C29H30F2N4O4S/c1-6-29(30,31)21-11-7-10-20(15-21)16-24(36)26-19(3)33-35(28(26)37)22-12-13-25(40(38,39)34(4)5)23(17-22)27-18(2)9-8-14-32-27/h7-15,17,26H,6,16H2,1-5H3. The van der Waals surface area contributed by atoms with E-state index >= 15 is 0 Å². The van der Waals surface area contributed by atoms with Gasteiger partial charge in [0.1, 0.15) is 5.92 Å². The maximum atomic E-state index is 14.2. The minimum Gasteiger partial charge on any atom is -0.298 e. The molecule has 210 valence electrons. The van der Waals surface area contributed by atoms with E-state index in [0.717, 1.165) is 14.9 Å². The van der Waals surface area contributed by atoms with Crippen molar-refractivity contribution >= 4 is 33.1 Å². The lowest BCUT2D eigenvalue weighted by Gasteiger charge is -2.19. The van der Waals surface area contributed by atoms with Gasteiger partial charge in [-0.25, -0.2) is 21.5 Å². The third-order valence-electron chi connectivity index (χ3n) is 6.86. The highest BCUT2D eigenvalue weighted by atomic mass is 32.2. The Balaban J connectivity index is 1.68. The summed E-state index contributed by atoms with van der Waals surface area (Å²) in [5.74, 6) is -5.30. The first-order valence-corrected chi connectivity index (χ1v) is 14.1. The predicted molar refractivity (Wildman–Crippen MR) is 149 cm³/mol. The second-order valence-corrected chi connectivity index (χ2v) is 12.0. The molecule has 1 aromatic heterocycles. The van der Waals surface area contributed by atoms with E-state index in [1.165, 1.54) is 57.4 Å². The molecule has 0 spiro atoms. The highest BCUT2D eigenvalue weighted by Gasteiger charge is 2.40. The van der Waals surface area contributed by atoms with E-state index in [1.807, 2.05) is 0 Å². The van der Waals surface area contributed by atoms with Gasteiger partial charge >= 0.3 is 0 Å². The molecule has 0 radical (unpaired) electrons. The molecule has 1 unspecified atom stereocenters. The third-order valence-corrected chi connectivity index (χ3v) is 8.73. The predicted octanol–water partition coefficient (Wildman–Crippen LogP) is 4.96. The van der Waals surface area contributed by atoms with Crippen LogP contribution in [-0.4, -0.2) is 49.2 Å². The molecule has 1 atom stereocenters. The molecule has 2 aromatic carbocycles. The van der Waals surface area contributed by atoms with E-state index in [4.69, 9.17) is 0 Å². The maximum Gasteiger partial charge on any atom is 0.273 e. The molecule has 4 rings (SSSR count). The summed E-state index contributed by atoms with van der Waals surface area (Å²) in [7, 11) is -1.02. The third kappa shape index (κ3) is 5.44. The van der Waals surface area contributed by atoms with Crippen molar-refractivity contribution in [2.45, 2.75) is 44.4 Å². The number of hydrazone groups is 1. The summed E-state index contributed by atoms with van der Waals surface area (Å²) >= 11 is 0. The number of rotatable bonds is 9. The number of nitrogens with zero attached hydrogens (tertiary/aromatic N) is 4. The number of sulfonamides is 1. The van der Waals surface area contributed by atoms with E-state index in [1.54, 1.807) is 38.2 Å². The first-order chi connectivity index (χ1) is 18.8. The van der Waals surface area contributed by atoms with Crippen molar-refractivity contribution < 1.29 is 26.8 Å². The molecule has 2 heterocycles. The zero-order valence-electron chi connectivity index (χ0n) is 22.9. The van der Waals surface area contributed by atoms with E-state index in [9.17, 15) is 26.8 Å². The zero-order valence-corrected chi connectivity index (χ0v) is 23.7. The number of carbonyl (C=O) groups excluding carboxylic acids is 2. The lowest BCUT2D eigenvalue weighted by Crippen LogP contribution is -2.33. The monoisotopic (exact) mass is 568 g/mol. The Labute approximate surface area is 232 Å². The smallest absolute Gasteiger partial charge is 0.273 e. The molecule has 11 heteroatoms. The van der Waals surface area contributed by atoms with Crippen molar-refractivity contribution in [3.63, 3.8) is 0 Å². The number of anilines is 1. The van der Waals surface area contributed by atoms with Gasteiger partial charge in [0.25, 0.3) is 11.8 Å². The molecule has 0 aliphatic carbocycles. The average molecular weight is 569 g/mol. The van der Waals surface area contributed by atoms with Crippen molar-refractivity contribution in [1.29, 1.82) is 0 Å². The van der Waals surface area contributed by atoms with Crippen LogP contribution in [0.25, 0.3) is 11.3 Å². The summed E-state index contributed by atoms with van der Waals surface area (Å²) < 4.78 is 55.7. The summed E-state index contributed by atoms with van der Waals surface area (Å²) in [5.41, 5.74) is 2.15. The average Bonchev–Trinajstić information content (AvgIpc) is 3.22. The summed E-state index contributed by atoms with van der Waals surface area (Å²) in [6, 6.07) is 13.5. The number of pyridine rings is 1. The van der Waals surface area contributed by atoms with Crippen molar-refractivity contribution in [3.8, 4) is 11.3 Å². The fourth-order valence-electron chi connectivity index (χ4n) is 4.56. The zero-order chi connectivity index (χ0) is 29.4. The molecule has 1 aliphatic rings. The Morgan fingerprint density at radius 1 is 1.07 bits per heavy atom. The van der Waals surface area contributed by atoms with Crippen LogP contribution in [0, 0.1) is 12.8 Å². The molecular weight excluding hydrogens is 538 g/mol. The van der Waals surface area contributed by atoms with Crippen LogP contribution in [0.1, 0.15) is 37.0 Å². The fraction of sp³-hybridized carbons (Fsp3) is 0.310. The maximum absolute atomic E-state index is 14.2. The van der Waals surface area contributed by atoms with Gasteiger partial charge < -0.3 is 0 Å². The van der Waals surface area contributed by atoms with Gasteiger partial charge in [-0.2, -0.15) is 10.1 Å². The molecule has 0 bridgehead atoms. The van der Waals surface area contributed by atoms with Crippen LogP contribution in [0.4, 0.5) is 14.5 Å². The minimum atomic E-state index is -3.87. The highest BCUT2D eigenvalue weighted by Crippen LogP contribution is 2.36. The Hall–Kier alpha value is -3.83. The molecule has 1 aliphatic heterocycles. The second-order valence-electron chi connectivity index (χ2n) is 9.86. The molecule has 0 N–H and O–H groups in total. The van der Waals surface area contributed by atoms with E-state index in [2.05, 4.69) is 10.1 Å². The number of halogens is 2. The number of alkyl halides is 2. The molecule has 8 nitrogen and oxygen atoms in total. The first kappa shape index (κ1) is 29.2. The Bertz CT molecular complexity index is 1620. The van der Waals surface area contributed by atoms with Gasteiger partial charge in [0.2, 0.25) is 10.0 Å². The summed E-state index contributed by atoms with van der Waals surface area (Å²) in [5, 5.41) is 5.39. The summed E-state index contributed by atoms with van der Waals surface area (Å²) in [6.07, 6.45) is 0.953. The molecular formula is C29H30F2N4O4S. The highest BCUT2D eigenvalue weighted by molar-refractivity contribution is 7.89. The van der Waals surface area contributed by atoms with Gasteiger partial charge in [-0.3, -0.25) is 14.6 Å². The number of ketones is 1. The van der Waals surface area contributed by atoms with Crippen LogP contribution in [0.5, 0.6) is 0 Å². The van der Waals surface area contributed by atoms with Gasteiger partial charge in [0.15, 0.2) is 5.78 Å². The molecule has 1 amide bonds. The van der Waals surface area contributed by atoms with Gasteiger partial charge in [0.05, 0.1) is 22.0 Å². The summed E-state index contributed by atoms with van der Waals surface area (Å²) in [4.78, 5) is 31.1. The van der Waals surface area contributed by atoms with E-state index in [0.29, 0.717) is 11.3 Å². The van der Waals surface area contributed by atoms with Gasteiger partial charge in [-0.15, -0.1) is 0 Å². The topological polar surface area (TPSA) is 100 Å². The van der Waals surface area contributed by atoms with Crippen molar-refractivity contribution in [2.24, 2.45) is 11.0 Å². The Morgan fingerprint density at radius 2 is 1.80 bits per heavy atom. The number of carbonyl (C=O) groups is 2. The molecule has 40 heavy (non-hydrogen) atoms. The number of amides is 1. The van der Waals surface area contributed by atoms with E-state index < -0.39 is 33.6 Å². The van der Waals surface area contributed by atoms with Crippen LogP contribution in [0.3, 0.4) is 0 Å². The normalized spacial score (nSPS) is 16.0. The number of aromatic nitrogens is 1. The Morgan fingerprint density at radius 3 is 2.45 bits per heavy atom. The Kier molecular flexibility index (Phi) is 8.00. The molecule has 0 saturated carbocycles. The quantitative estimate of drug-likeness (QED) is 0.340. The largest absolute Gasteiger partial charge is 0.298 e. The number of aryl methyl sites for hydroxylation is 1. The number of benzene rings is 2. The molecule has 3 aromatic rings. The lowest BCUT2D eigenvalue weighted by atomic mass is 9.92. The van der Waals surface area contributed by atoms with Crippen LogP contribution < -0.4 is 5.01 Å². The van der Waals surface area contributed by atoms with Gasteiger partial charge in [-0.1, -0.05) is 31.2 Å². The number of Topliss-reactive ketones (excluding diaryl/α,β-unsaturated/α-hetero) is 1. The second kappa shape index (κ2) is 11.0. The van der Waals surface area contributed by atoms with Crippen molar-refractivity contribution in [1.82, 2.24) is 9.29 Å². The number of hydrogen-bond acceptors (Lipinski definition) is 6. The fourth-order valence-corrected chi connectivity index (χ4v) is 5.63. The molecule has 0 fully saturated rings. The van der Waals surface area contributed by atoms with Gasteiger partial charge in [-0.05, 0) is 55.3 Å². The van der Waals surface area contributed by atoms with Crippen molar-refractivity contribution in [2.75, 3.05) is 19.1 Å². The van der Waals surface area contributed by atoms with Crippen molar-refractivity contribution in [3.05, 3.63) is 77.5 Å². The summed E-state index contributed by atoms with van der Waals surface area (Å²) in [6.45, 7) is 4.73. The molecule has 0 saturated heterocycles. The number of hydrogen-bond donors (Lipinski definition) is 0. The SMILES string of the molecule is CCC(F)(F)c1cccc(CC(=O)C2C(=O)N(c3ccc(S(=O)(=O)N(C)C)c(-c4ncccc4C)c3)N=C2C)c1. The van der Waals surface area contributed by atoms with E-state index in [-0.39, 0.29) is 40.3 Å². The van der Waals surface area contributed by atoms with Crippen LogP contribution in [-0.2, 0) is 32.0 Å². The van der Waals surface area contributed by atoms with Crippen LogP contribution >= 0.6 is 0 Å². The van der Waals surface area contributed by atoms with Gasteiger partial charge in [0, 0.05) is 44.3 Å².